The predicted octanol–water partition coefficient (Wildman–Crippen LogP) is 3.08. The predicted molar refractivity (Wildman–Crippen MR) is 132 cm³/mol. The fourth-order valence-corrected chi connectivity index (χ4v) is 4.68. The van der Waals surface area contributed by atoms with E-state index in [4.69, 9.17) is 10.5 Å². The Morgan fingerprint density at radius 3 is 2.47 bits per heavy atom. The van der Waals surface area contributed by atoms with Crippen LogP contribution < -0.4 is 26.6 Å². The third kappa shape index (κ3) is 4.90. The minimum atomic E-state index is -0.635. The van der Waals surface area contributed by atoms with Crippen LogP contribution in [0.4, 0.5) is 11.5 Å². The Hall–Kier alpha value is -3.81. The zero-order valence-electron chi connectivity index (χ0n) is 19.3. The summed E-state index contributed by atoms with van der Waals surface area (Å²) in [4.78, 5) is 43.1. The lowest BCUT2D eigenvalue weighted by atomic mass is 10.1. The fourth-order valence-electron chi connectivity index (χ4n) is 4.68. The van der Waals surface area contributed by atoms with Gasteiger partial charge in [-0.3, -0.25) is 19.1 Å². The van der Waals surface area contributed by atoms with E-state index >= 15 is 0 Å². The monoisotopic (exact) mass is 462 g/mol. The second-order valence-corrected chi connectivity index (χ2v) is 8.58. The highest BCUT2D eigenvalue weighted by Crippen LogP contribution is 2.30. The molecule has 0 atom stereocenters. The molecule has 0 unspecified atom stereocenters. The molecule has 3 N–H and O–H groups in total. The van der Waals surface area contributed by atoms with Crippen molar-refractivity contribution >= 4 is 17.4 Å². The highest BCUT2D eigenvalue weighted by Gasteiger charge is 2.32. The largest absolute Gasteiger partial charge is 0.496 e. The number of hydrogen-bond donors (Lipinski definition) is 2. The summed E-state index contributed by atoms with van der Waals surface area (Å²) in [6.45, 7) is 0.198. The number of methoxy groups -OCH3 is 1. The zero-order valence-corrected chi connectivity index (χ0v) is 19.3. The van der Waals surface area contributed by atoms with E-state index in [1.165, 1.54) is 9.47 Å². The molecule has 8 heteroatoms. The molecule has 0 spiro atoms. The minimum Gasteiger partial charge on any atom is -0.496 e. The molecule has 1 aliphatic carbocycles. The van der Waals surface area contributed by atoms with Crippen molar-refractivity contribution in [2.24, 2.45) is 0 Å². The molecule has 2 aromatic carbocycles. The van der Waals surface area contributed by atoms with Crippen molar-refractivity contribution < 1.29 is 9.53 Å². The molecule has 1 heterocycles. The van der Waals surface area contributed by atoms with Gasteiger partial charge in [-0.15, -0.1) is 0 Å². The standard InChI is InChI=1S/C26H30N4O4/c1-34-21-14-8-5-11-19(21)15-16-22(31)30(20-12-6-7-13-20)23-24(27)29(26(33)28-25(23)32)17-18-9-3-2-4-10-18/h2-5,8-11,14,20H,6-7,12-13,15-17,27H2,1H3,(H,28,32,33). The summed E-state index contributed by atoms with van der Waals surface area (Å²) < 4.78 is 6.73. The number of carbonyl (C=O) groups excluding carboxylic acids is 1. The number of aryl methyl sites for hydroxylation is 1. The van der Waals surface area contributed by atoms with Gasteiger partial charge in [0.1, 0.15) is 11.6 Å². The van der Waals surface area contributed by atoms with Gasteiger partial charge in [0.05, 0.1) is 13.7 Å². The molecule has 34 heavy (non-hydrogen) atoms. The first-order valence-corrected chi connectivity index (χ1v) is 11.6. The van der Waals surface area contributed by atoms with Crippen molar-refractivity contribution in [2.45, 2.75) is 51.1 Å². The number of hydrogen-bond acceptors (Lipinski definition) is 5. The summed E-state index contributed by atoms with van der Waals surface area (Å²) in [5.74, 6) is 0.534. The Balaban J connectivity index is 1.69. The summed E-state index contributed by atoms with van der Waals surface area (Å²) in [7, 11) is 1.60. The Morgan fingerprint density at radius 2 is 1.76 bits per heavy atom. The molecule has 1 aromatic heterocycles. The first-order chi connectivity index (χ1) is 16.5. The van der Waals surface area contributed by atoms with Crippen molar-refractivity contribution in [1.29, 1.82) is 0 Å². The first-order valence-electron chi connectivity index (χ1n) is 11.6. The summed E-state index contributed by atoms with van der Waals surface area (Å²) in [5, 5.41) is 0. The number of nitrogens with one attached hydrogen (secondary N) is 1. The van der Waals surface area contributed by atoms with Crippen LogP contribution in [-0.2, 0) is 17.8 Å². The van der Waals surface area contributed by atoms with Crippen LogP contribution in [0.15, 0.2) is 64.2 Å². The van der Waals surface area contributed by atoms with E-state index in [0.717, 1.165) is 42.6 Å². The summed E-state index contributed by atoms with van der Waals surface area (Å²) in [5.41, 5.74) is 7.04. The van der Waals surface area contributed by atoms with Crippen molar-refractivity contribution in [3.63, 3.8) is 0 Å². The van der Waals surface area contributed by atoms with Crippen LogP contribution in [0.5, 0.6) is 5.75 Å². The minimum absolute atomic E-state index is 0.00939. The van der Waals surface area contributed by atoms with Gasteiger partial charge in [-0.05, 0) is 36.5 Å². The number of aromatic amines is 1. The van der Waals surface area contributed by atoms with E-state index in [2.05, 4.69) is 4.98 Å². The van der Waals surface area contributed by atoms with Crippen molar-refractivity contribution in [1.82, 2.24) is 9.55 Å². The maximum Gasteiger partial charge on any atom is 0.330 e. The fraction of sp³-hybridized carbons (Fsp3) is 0.346. The maximum absolute atomic E-state index is 13.6. The van der Waals surface area contributed by atoms with Crippen LogP contribution in [0.2, 0.25) is 0 Å². The van der Waals surface area contributed by atoms with Crippen LogP contribution in [0.3, 0.4) is 0 Å². The molecule has 1 saturated carbocycles. The van der Waals surface area contributed by atoms with Crippen molar-refractivity contribution in [3.05, 3.63) is 86.6 Å². The third-order valence-electron chi connectivity index (χ3n) is 6.40. The lowest BCUT2D eigenvalue weighted by Crippen LogP contribution is -2.45. The van der Waals surface area contributed by atoms with Gasteiger partial charge in [0, 0.05) is 12.5 Å². The summed E-state index contributed by atoms with van der Waals surface area (Å²) in [6, 6.07) is 16.8. The topological polar surface area (TPSA) is 110 Å². The third-order valence-corrected chi connectivity index (χ3v) is 6.40. The van der Waals surface area contributed by atoms with E-state index in [1.807, 2.05) is 54.6 Å². The van der Waals surface area contributed by atoms with E-state index < -0.39 is 11.2 Å². The van der Waals surface area contributed by atoms with Gasteiger partial charge in [0.2, 0.25) is 5.91 Å². The van der Waals surface area contributed by atoms with Crippen LogP contribution in [0, 0.1) is 0 Å². The number of carbonyl (C=O) groups is 1. The molecule has 178 valence electrons. The number of rotatable bonds is 8. The van der Waals surface area contributed by atoms with Gasteiger partial charge in [0.25, 0.3) is 5.56 Å². The first kappa shape index (κ1) is 23.4. The summed E-state index contributed by atoms with van der Waals surface area (Å²) >= 11 is 0. The smallest absolute Gasteiger partial charge is 0.330 e. The summed E-state index contributed by atoms with van der Waals surface area (Å²) in [6.07, 6.45) is 4.18. The number of benzene rings is 2. The second-order valence-electron chi connectivity index (χ2n) is 8.58. The van der Waals surface area contributed by atoms with Crippen molar-refractivity contribution in [2.75, 3.05) is 17.7 Å². The van der Waals surface area contributed by atoms with E-state index in [1.54, 1.807) is 7.11 Å². The Labute approximate surface area is 198 Å². The van der Waals surface area contributed by atoms with E-state index in [9.17, 15) is 14.4 Å². The SMILES string of the molecule is COc1ccccc1CCC(=O)N(c1c(N)n(Cc2ccccc2)c(=O)[nH]c1=O)C1CCCC1. The quantitative estimate of drug-likeness (QED) is 0.535. The van der Waals surface area contributed by atoms with Crippen LogP contribution >= 0.6 is 0 Å². The number of nitrogens with zero attached hydrogens (tertiary/aromatic N) is 2. The number of para-hydroxylation sites is 1. The average molecular weight is 463 g/mol. The van der Waals surface area contributed by atoms with Gasteiger partial charge in [-0.25, -0.2) is 4.79 Å². The zero-order chi connectivity index (χ0) is 24.1. The van der Waals surface area contributed by atoms with Gasteiger partial charge < -0.3 is 15.4 Å². The molecule has 1 aliphatic rings. The molecule has 0 aliphatic heterocycles. The molecule has 0 bridgehead atoms. The number of amides is 1. The number of nitrogen functional groups attached to an aromatic ring is 1. The Morgan fingerprint density at radius 1 is 1.09 bits per heavy atom. The van der Waals surface area contributed by atoms with Crippen LogP contribution in [-0.4, -0.2) is 28.6 Å². The van der Waals surface area contributed by atoms with Gasteiger partial charge in [-0.2, -0.15) is 0 Å². The lowest BCUT2D eigenvalue weighted by Gasteiger charge is -2.30. The average Bonchev–Trinajstić information content (AvgIpc) is 3.38. The molecule has 1 amide bonds. The second kappa shape index (κ2) is 10.4. The normalized spacial score (nSPS) is 13.7. The maximum atomic E-state index is 13.6. The molecule has 0 saturated heterocycles. The Kier molecular flexibility index (Phi) is 7.15. The molecule has 3 aromatic rings. The van der Waals surface area contributed by atoms with Gasteiger partial charge >= 0.3 is 5.69 Å². The van der Waals surface area contributed by atoms with E-state index in [0.29, 0.717) is 6.42 Å². The van der Waals surface area contributed by atoms with E-state index in [-0.39, 0.29) is 36.4 Å². The highest BCUT2D eigenvalue weighted by atomic mass is 16.5. The lowest BCUT2D eigenvalue weighted by molar-refractivity contribution is -0.119. The van der Waals surface area contributed by atoms with Gasteiger partial charge in [0.15, 0.2) is 5.69 Å². The van der Waals surface area contributed by atoms with Crippen LogP contribution in [0.25, 0.3) is 0 Å². The van der Waals surface area contributed by atoms with Gasteiger partial charge in [-0.1, -0.05) is 61.4 Å². The molecular formula is C26H30N4O4. The highest BCUT2D eigenvalue weighted by molar-refractivity contribution is 5.96. The number of ether oxygens (including phenoxy) is 1. The Bertz CT molecular complexity index is 1260. The molecule has 0 radical (unpaired) electrons. The number of H-pyrrole nitrogens is 1. The number of aromatic nitrogens is 2. The molecule has 1 fully saturated rings. The molecule has 8 nitrogen and oxygen atoms in total. The van der Waals surface area contributed by atoms with Crippen molar-refractivity contribution in [3.8, 4) is 5.75 Å². The van der Waals surface area contributed by atoms with Crippen LogP contribution in [0.1, 0.15) is 43.2 Å². The molecule has 4 rings (SSSR count). The number of nitrogens with two attached hydrogens (primary N) is 1. The number of anilines is 2. The molecular weight excluding hydrogens is 432 g/mol.